The van der Waals surface area contributed by atoms with E-state index in [1.165, 1.54) is 0 Å². The summed E-state index contributed by atoms with van der Waals surface area (Å²) in [7, 11) is -10.1. The number of esters is 1. The minimum atomic E-state index is -5.05. The van der Waals surface area contributed by atoms with Crippen molar-refractivity contribution < 1.29 is 43.0 Å². The largest absolute Gasteiger partial charge is 0.462 e. The molecule has 4 aliphatic rings. The van der Waals surface area contributed by atoms with Crippen molar-refractivity contribution in [1.29, 1.82) is 0 Å². The molecule has 0 amide bonds. The molecule has 4 saturated carbocycles. The second-order valence-electron chi connectivity index (χ2n) is 11.7. The van der Waals surface area contributed by atoms with Crippen molar-refractivity contribution >= 4 is 26.9 Å². The molecule has 0 aromatic heterocycles. The molecule has 0 spiro atoms. The summed E-state index contributed by atoms with van der Waals surface area (Å²) >= 11 is 0. The molecule has 0 radical (unpaired) electrons. The summed E-state index contributed by atoms with van der Waals surface area (Å²) in [4.78, 5) is 61.9. The first-order valence-corrected chi connectivity index (χ1v) is 15.9. The van der Waals surface area contributed by atoms with Gasteiger partial charge >= 0.3 is 21.2 Å². The summed E-state index contributed by atoms with van der Waals surface area (Å²) in [6.45, 7) is 4.55. The molecule has 11 heteroatoms. The second kappa shape index (κ2) is 9.08. The lowest BCUT2D eigenvalue weighted by molar-refractivity contribution is -0.162. The van der Waals surface area contributed by atoms with E-state index in [9.17, 15) is 38.3 Å². The zero-order valence-electron chi connectivity index (χ0n) is 20.0. The van der Waals surface area contributed by atoms with Crippen LogP contribution in [0.4, 0.5) is 0 Å². The molecule has 34 heavy (non-hydrogen) atoms. The SMILES string of the molecule is C[C@]12CC[C@H](OC(=O)CCC(P(=O)(O)O)P(=O)(O)O)C[C@@H]1CC[C@@H]1[C@@H]2CC[C@]2(C)C(=O)CC[C@@H]12. The molecule has 0 unspecified atom stereocenters. The Morgan fingerprint density at radius 2 is 1.68 bits per heavy atom. The molecule has 4 aliphatic carbocycles. The molecule has 0 aliphatic heterocycles. The highest BCUT2D eigenvalue weighted by Crippen LogP contribution is 2.66. The van der Waals surface area contributed by atoms with Gasteiger partial charge in [-0.15, -0.1) is 0 Å². The van der Waals surface area contributed by atoms with Gasteiger partial charge in [-0.05, 0) is 86.9 Å². The van der Waals surface area contributed by atoms with Crippen LogP contribution < -0.4 is 0 Å². The highest BCUT2D eigenvalue weighted by molar-refractivity contribution is 7.70. The summed E-state index contributed by atoms with van der Waals surface area (Å²) < 4.78 is 28.5. The molecule has 0 aromatic rings. The van der Waals surface area contributed by atoms with Gasteiger partial charge in [-0.3, -0.25) is 18.7 Å². The molecule has 4 fully saturated rings. The lowest BCUT2D eigenvalue weighted by Crippen LogP contribution is -2.54. The minimum Gasteiger partial charge on any atom is -0.462 e. The van der Waals surface area contributed by atoms with Crippen LogP contribution in [0.3, 0.4) is 0 Å². The van der Waals surface area contributed by atoms with Crippen LogP contribution in [0.5, 0.6) is 0 Å². The van der Waals surface area contributed by atoms with Gasteiger partial charge in [0.25, 0.3) is 0 Å². The number of Topliss-reactive ketones (excluding diaryl/α,β-unsaturated/α-hetero) is 1. The first kappa shape index (κ1) is 26.5. The topological polar surface area (TPSA) is 158 Å². The van der Waals surface area contributed by atoms with E-state index < -0.39 is 39.4 Å². The minimum absolute atomic E-state index is 0.144. The van der Waals surface area contributed by atoms with E-state index in [0.29, 0.717) is 42.3 Å². The molecule has 0 bridgehead atoms. The Kier molecular flexibility index (Phi) is 7.07. The zero-order valence-corrected chi connectivity index (χ0v) is 21.8. The Balaban J connectivity index is 1.35. The van der Waals surface area contributed by atoms with Gasteiger partial charge in [0.05, 0.1) is 0 Å². The number of carbonyl (C=O) groups is 2. The van der Waals surface area contributed by atoms with Crippen LogP contribution in [0.25, 0.3) is 0 Å². The number of carbonyl (C=O) groups excluding carboxylic acids is 2. The number of hydrogen-bond donors (Lipinski definition) is 4. The monoisotopic (exact) mass is 520 g/mol. The van der Waals surface area contributed by atoms with Crippen molar-refractivity contribution in [2.24, 2.45) is 34.5 Å². The van der Waals surface area contributed by atoms with E-state index in [1.54, 1.807) is 0 Å². The van der Waals surface area contributed by atoms with Crippen LogP contribution in [0.2, 0.25) is 0 Å². The molecule has 0 aromatic carbocycles. The standard InChI is InChI=1S/C23H38O9P2/c1-22-11-9-15(32-20(25)7-8-21(33(26,27)28)34(29,30)31)13-14(22)3-4-16-17-5-6-19(24)23(17,2)12-10-18(16)22/h14-18,21H,3-13H2,1-2H3,(H2,26,27,28)(H2,29,30,31)/t14-,15-,16-,17-,18-,22-,23-/m0/s1. The first-order chi connectivity index (χ1) is 15.7. The summed E-state index contributed by atoms with van der Waals surface area (Å²) in [5.74, 6) is 1.84. The molecule has 4 N–H and O–H groups in total. The number of hydrogen-bond acceptors (Lipinski definition) is 5. The van der Waals surface area contributed by atoms with Crippen LogP contribution in [0.1, 0.15) is 84.5 Å². The molecule has 194 valence electrons. The van der Waals surface area contributed by atoms with E-state index >= 15 is 0 Å². The third kappa shape index (κ3) is 4.73. The quantitative estimate of drug-likeness (QED) is 0.300. The predicted molar refractivity (Wildman–Crippen MR) is 124 cm³/mol. The van der Waals surface area contributed by atoms with Gasteiger partial charge in [0.1, 0.15) is 11.9 Å². The lowest BCUT2D eigenvalue weighted by Gasteiger charge is -2.60. The zero-order chi connectivity index (χ0) is 25.1. The Morgan fingerprint density at radius 3 is 2.32 bits per heavy atom. The normalized spacial score (nSPS) is 40.4. The van der Waals surface area contributed by atoms with Gasteiger partial charge in [0, 0.05) is 18.3 Å². The van der Waals surface area contributed by atoms with Crippen LogP contribution >= 0.6 is 15.2 Å². The third-order valence-electron chi connectivity index (χ3n) is 10.0. The third-order valence-corrected chi connectivity index (χ3v) is 13.9. The van der Waals surface area contributed by atoms with Crippen molar-refractivity contribution in [3.8, 4) is 0 Å². The molecule has 9 nitrogen and oxygen atoms in total. The van der Waals surface area contributed by atoms with Crippen molar-refractivity contribution in [2.45, 2.75) is 96.0 Å². The van der Waals surface area contributed by atoms with E-state index in [0.717, 1.165) is 44.9 Å². The van der Waals surface area contributed by atoms with Crippen LogP contribution in [-0.4, -0.2) is 42.8 Å². The number of ether oxygens (including phenoxy) is 1. The predicted octanol–water partition coefficient (Wildman–Crippen LogP) is 3.97. The average molecular weight is 520 g/mol. The Hall–Kier alpha value is -0.560. The Bertz CT molecular complexity index is 903. The maximum absolute atomic E-state index is 12.6. The smallest absolute Gasteiger partial charge is 0.340 e. The van der Waals surface area contributed by atoms with Gasteiger partial charge < -0.3 is 24.3 Å². The van der Waals surface area contributed by atoms with Gasteiger partial charge in [-0.25, -0.2) is 0 Å². The van der Waals surface area contributed by atoms with Gasteiger partial charge in [0.15, 0.2) is 5.40 Å². The maximum atomic E-state index is 12.6. The fourth-order valence-electron chi connectivity index (χ4n) is 8.12. The maximum Gasteiger partial charge on any atom is 0.340 e. The fraction of sp³-hybridized carbons (Fsp3) is 0.913. The summed E-state index contributed by atoms with van der Waals surface area (Å²) in [6.07, 6.45) is 6.96. The van der Waals surface area contributed by atoms with E-state index in [2.05, 4.69) is 13.8 Å². The molecule has 4 rings (SSSR count). The lowest BCUT2D eigenvalue weighted by atomic mass is 9.45. The van der Waals surface area contributed by atoms with Crippen molar-refractivity contribution in [1.82, 2.24) is 0 Å². The van der Waals surface area contributed by atoms with Crippen molar-refractivity contribution in [2.75, 3.05) is 0 Å². The summed E-state index contributed by atoms with van der Waals surface area (Å²) in [5, 5.41) is -2.18. The Labute approximate surface area is 200 Å². The number of fused-ring (bicyclic) bond motifs is 5. The van der Waals surface area contributed by atoms with Gasteiger partial charge in [0.2, 0.25) is 0 Å². The van der Waals surface area contributed by atoms with Crippen LogP contribution in [0, 0.1) is 34.5 Å². The fourth-order valence-corrected chi connectivity index (χ4v) is 10.6. The number of ketones is 1. The van der Waals surface area contributed by atoms with Gasteiger partial charge in [-0.2, -0.15) is 0 Å². The average Bonchev–Trinajstić information content (AvgIpc) is 3.01. The highest BCUT2D eigenvalue weighted by Gasteiger charge is 2.60. The molecule has 0 heterocycles. The second-order valence-corrected chi connectivity index (χ2v) is 15.7. The first-order valence-electron chi connectivity index (χ1n) is 12.5. The molecular formula is C23H38O9P2. The number of rotatable bonds is 6. The molecule has 7 atom stereocenters. The summed E-state index contributed by atoms with van der Waals surface area (Å²) in [5.41, 5.74) is 0.0138. The molecule has 0 saturated heterocycles. The van der Waals surface area contributed by atoms with Crippen molar-refractivity contribution in [3.05, 3.63) is 0 Å². The Morgan fingerprint density at radius 1 is 1.00 bits per heavy atom. The van der Waals surface area contributed by atoms with E-state index in [-0.39, 0.29) is 16.9 Å². The van der Waals surface area contributed by atoms with Crippen molar-refractivity contribution in [3.63, 3.8) is 0 Å². The van der Waals surface area contributed by atoms with E-state index in [4.69, 9.17) is 4.74 Å². The van der Waals surface area contributed by atoms with E-state index in [1.807, 2.05) is 0 Å². The molecular weight excluding hydrogens is 482 g/mol. The summed E-state index contributed by atoms with van der Waals surface area (Å²) in [6, 6.07) is 0. The van der Waals surface area contributed by atoms with Crippen LogP contribution in [-0.2, 0) is 23.5 Å². The highest BCUT2D eigenvalue weighted by atomic mass is 31.2. The van der Waals surface area contributed by atoms with Gasteiger partial charge in [-0.1, -0.05) is 13.8 Å². The van der Waals surface area contributed by atoms with Crippen LogP contribution in [0.15, 0.2) is 0 Å².